The number of hydrogen-bond donors (Lipinski definition) is 1. The Morgan fingerprint density at radius 3 is 2.59 bits per heavy atom. The van der Waals surface area contributed by atoms with E-state index in [4.69, 9.17) is 16.0 Å². The van der Waals surface area contributed by atoms with Crippen LogP contribution in [0.25, 0.3) is 11.1 Å². The molecule has 162 valence electrons. The van der Waals surface area contributed by atoms with Crippen molar-refractivity contribution in [2.45, 2.75) is 32.1 Å². The van der Waals surface area contributed by atoms with Gasteiger partial charge in [-0.05, 0) is 30.2 Å². The minimum absolute atomic E-state index is 0.209. The van der Waals surface area contributed by atoms with Crippen molar-refractivity contribution in [1.82, 2.24) is 14.8 Å². The number of fused-ring (bicyclic) bond motifs is 3. The number of benzene rings is 2. The molecule has 0 aliphatic carbocycles. The summed E-state index contributed by atoms with van der Waals surface area (Å²) in [6.45, 7) is 2.82. The zero-order chi connectivity index (χ0) is 22.3. The summed E-state index contributed by atoms with van der Waals surface area (Å²) < 4.78 is 7.39. The van der Waals surface area contributed by atoms with Crippen molar-refractivity contribution in [3.05, 3.63) is 94.8 Å². The van der Waals surface area contributed by atoms with E-state index in [0.29, 0.717) is 29.4 Å². The van der Waals surface area contributed by atoms with Crippen molar-refractivity contribution >= 4 is 34.5 Å². The van der Waals surface area contributed by atoms with Crippen LogP contribution in [0.5, 0.6) is 0 Å². The summed E-state index contributed by atoms with van der Waals surface area (Å²) in [5, 5.41) is 3.65. The highest BCUT2D eigenvalue weighted by Crippen LogP contribution is 2.34. The van der Waals surface area contributed by atoms with Crippen LogP contribution >= 0.6 is 11.6 Å². The Labute approximate surface area is 190 Å². The number of hydrogen-bond acceptors (Lipinski definition) is 3. The van der Waals surface area contributed by atoms with Gasteiger partial charge in [0, 0.05) is 30.2 Å². The molecule has 5 rings (SSSR count). The molecule has 1 aliphatic rings. The van der Waals surface area contributed by atoms with Crippen molar-refractivity contribution in [1.29, 1.82) is 0 Å². The maximum atomic E-state index is 13.6. The van der Waals surface area contributed by atoms with Gasteiger partial charge < -0.3 is 19.2 Å². The fraction of sp³-hybridized carbons (Fsp3) is 0.200. The smallest absolute Gasteiger partial charge is 0.271 e. The molecule has 3 heterocycles. The number of amides is 2. The lowest BCUT2D eigenvalue weighted by atomic mass is 9.93. The molecular formula is C25H22ClN3O3. The summed E-state index contributed by atoms with van der Waals surface area (Å²) in [5.41, 5.74) is 2.75. The molecule has 1 aliphatic heterocycles. The van der Waals surface area contributed by atoms with Crippen molar-refractivity contribution in [2.75, 3.05) is 0 Å². The largest absolute Gasteiger partial charge is 0.463 e. The predicted octanol–water partition coefficient (Wildman–Crippen LogP) is 4.62. The van der Waals surface area contributed by atoms with Gasteiger partial charge in [0.2, 0.25) is 5.91 Å². The average molecular weight is 448 g/mol. The zero-order valence-electron chi connectivity index (χ0n) is 17.5. The van der Waals surface area contributed by atoms with Gasteiger partial charge in [-0.15, -0.1) is 0 Å². The van der Waals surface area contributed by atoms with E-state index in [0.717, 1.165) is 16.6 Å². The highest BCUT2D eigenvalue weighted by molar-refractivity contribution is 6.30. The molecule has 32 heavy (non-hydrogen) atoms. The van der Waals surface area contributed by atoms with Crippen LogP contribution in [0.15, 0.2) is 77.4 Å². The molecule has 4 aromatic rings. The fourth-order valence-electron chi connectivity index (χ4n) is 4.26. The quantitative estimate of drug-likeness (QED) is 0.485. The van der Waals surface area contributed by atoms with Gasteiger partial charge >= 0.3 is 0 Å². The van der Waals surface area contributed by atoms with Gasteiger partial charge in [-0.3, -0.25) is 9.59 Å². The first kappa shape index (κ1) is 20.4. The molecule has 7 heteroatoms. The van der Waals surface area contributed by atoms with Crippen LogP contribution in [0.3, 0.4) is 0 Å². The molecule has 0 unspecified atom stereocenters. The SMILES string of the molecule is C[C@@]1(C(=O)NCc2ccccc2)Cn2c(cc3occc32)C(=O)N1Cc1ccc(Cl)cc1. The van der Waals surface area contributed by atoms with E-state index in [1.165, 1.54) is 0 Å². The normalized spacial score (nSPS) is 18.1. The molecule has 0 radical (unpaired) electrons. The summed E-state index contributed by atoms with van der Waals surface area (Å²) in [5.74, 6) is -0.422. The third-order valence-electron chi connectivity index (χ3n) is 6.09. The van der Waals surface area contributed by atoms with Crippen LogP contribution in [0.4, 0.5) is 0 Å². The van der Waals surface area contributed by atoms with Crippen molar-refractivity contribution < 1.29 is 14.0 Å². The lowest BCUT2D eigenvalue weighted by Crippen LogP contribution is -2.63. The van der Waals surface area contributed by atoms with Gasteiger partial charge in [0.25, 0.3) is 5.91 Å². The Morgan fingerprint density at radius 1 is 1.09 bits per heavy atom. The highest BCUT2D eigenvalue weighted by Gasteiger charge is 2.47. The molecule has 1 atom stereocenters. The molecule has 6 nitrogen and oxygen atoms in total. The first-order chi connectivity index (χ1) is 15.5. The van der Waals surface area contributed by atoms with Crippen molar-refractivity contribution in [3.8, 4) is 0 Å². The maximum absolute atomic E-state index is 13.6. The van der Waals surface area contributed by atoms with E-state index in [-0.39, 0.29) is 18.4 Å². The van der Waals surface area contributed by atoms with E-state index in [1.54, 1.807) is 29.4 Å². The van der Waals surface area contributed by atoms with E-state index < -0.39 is 5.54 Å². The third-order valence-corrected chi connectivity index (χ3v) is 6.34. The summed E-state index contributed by atoms with van der Waals surface area (Å²) in [4.78, 5) is 28.8. The molecule has 2 amide bonds. The van der Waals surface area contributed by atoms with Gasteiger partial charge in [0.1, 0.15) is 11.2 Å². The Bertz CT molecular complexity index is 1290. The summed E-state index contributed by atoms with van der Waals surface area (Å²) in [6.07, 6.45) is 1.59. The van der Waals surface area contributed by atoms with Crippen molar-refractivity contribution in [2.24, 2.45) is 0 Å². The summed E-state index contributed by atoms with van der Waals surface area (Å²) in [6, 6.07) is 20.6. The molecule has 2 aromatic heterocycles. The topological polar surface area (TPSA) is 67.5 Å². The number of nitrogens with zero attached hydrogens (tertiary/aromatic N) is 2. The molecule has 0 bridgehead atoms. The fourth-order valence-corrected chi connectivity index (χ4v) is 4.39. The van der Waals surface area contributed by atoms with E-state index >= 15 is 0 Å². The molecule has 0 saturated carbocycles. The summed E-state index contributed by atoms with van der Waals surface area (Å²) in [7, 11) is 0. The number of furan rings is 1. The van der Waals surface area contributed by atoms with Crippen LogP contribution in [0.1, 0.15) is 28.5 Å². The van der Waals surface area contributed by atoms with E-state index in [2.05, 4.69) is 5.32 Å². The van der Waals surface area contributed by atoms with Gasteiger partial charge in [-0.25, -0.2) is 0 Å². The van der Waals surface area contributed by atoms with Gasteiger partial charge in [-0.2, -0.15) is 0 Å². The van der Waals surface area contributed by atoms with Crippen LogP contribution in [-0.2, 0) is 24.4 Å². The van der Waals surface area contributed by atoms with Gasteiger partial charge in [0.05, 0.1) is 18.3 Å². The number of aromatic nitrogens is 1. The number of carbonyl (C=O) groups is 2. The molecule has 0 fully saturated rings. The monoisotopic (exact) mass is 447 g/mol. The second-order valence-electron chi connectivity index (χ2n) is 8.25. The van der Waals surface area contributed by atoms with E-state index in [9.17, 15) is 9.59 Å². The lowest BCUT2D eigenvalue weighted by Gasteiger charge is -2.44. The first-order valence-corrected chi connectivity index (χ1v) is 10.8. The highest BCUT2D eigenvalue weighted by atomic mass is 35.5. The van der Waals surface area contributed by atoms with Gasteiger partial charge in [-0.1, -0.05) is 54.1 Å². The number of carbonyl (C=O) groups excluding carboxylic acids is 2. The minimum atomic E-state index is -1.10. The number of halogens is 1. The number of rotatable bonds is 5. The van der Waals surface area contributed by atoms with Crippen LogP contribution in [0.2, 0.25) is 5.02 Å². The van der Waals surface area contributed by atoms with Crippen LogP contribution in [-0.4, -0.2) is 26.8 Å². The minimum Gasteiger partial charge on any atom is -0.463 e. The summed E-state index contributed by atoms with van der Waals surface area (Å²) >= 11 is 6.03. The molecular weight excluding hydrogens is 426 g/mol. The molecule has 0 saturated heterocycles. The lowest BCUT2D eigenvalue weighted by molar-refractivity contribution is -0.133. The Kier molecular flexibility index (Phi) is 5.02. The standard InChI is InChI=1S/C25H22ClN3O3/c1-25(24(31)27-14-17-5-3-2-4-6-17)16-28-20-11-12-32-22(20)13-21(28)23(30)29(25)15-18-7-9-19(26)10-8-18/h2-13H,14-16H2,1H3,(H,27,31)/t25-/m0/s1. The average Bonchev–Trinajstić information content (AvgIpc) is 3.39. The predicted molar refractivity (Wildman–Crippen MR) is 122 cm³/mol. The number of nitrogens with one attached hydrogen (secondary N) is 1. The second kappa shape index (κ2) is 7.88. The third kappa shape index (κ3) is 3.46. The van der Waals surface area contributed by atoms with Crippen LogP contribution < -0.4 is 5.32 Å². The first-order valence-electron chi connectivity index (χ1n) is 10.4. The van der Waals surface area contributed by atoms with Gasteiger partial charge in [0.15, 0.2) is 5.58 Å². The van der Waals surface area contributed by atoms with Crippen LogP contribution in [0, 0.1) is 0 Å². The Balaban J connectivity index is 1.51. The Morgan fingerprint density at radius 2 is 1.84 bits per heavy atom. The Hall–Kier alpha value is -3.51. The molecule has 1 N–H and O–H groups in total. The molecule has 2 aromatic carbocycles. The maximum Gasteiger partial charge on any atom is 0.271 e. The second-order valence-corrected chi connectivity index (χ2v) is 8.68. The van der Waals surface area contributed by atoms with Crippen molar-refractivity contribution in [3.63, 3.8) is 0 Å². The zero-order valence-corrected chi connectivity index (χ0v) is 18.3. The molecule has 0 spiro atoms. The van der Waals surface area contributed by atoms with E-state index in [1.807, 2.05) is 60.0 Å².